The third-order valence-electron chi connectivity index (χ3n) is 3.65. The first kappa shape index (κ1) is 13.2. The molecule has 0 unspecified atom stereocenters. The van der Waals surface area contributed by atoms with Crippen molar-refractivity contribution in [2.45, 2.75) is 37.1 Å². The van der Waals surface area contributed by atoms with Gasteiger partial charge in [0.15, 0.2) is 0 Å². The van der Waals surface area contributed by atoms with Crippen LogP contribution in [-0.4, -0.2) is 25.0 Å². The number of aromatic nitrogens is 1. The Kier molecular flexibility index (Phi) is 3.27. The number of nitrogens with two attached hydrogens (primary N) is 1. The van der Waals surface area contributed by atoms with Crippen molar-refractivity contribution in [3.8, 4) is 0 Å². The van der Waals surface area contributed by atoms with Crippen LogP contribution in [0.3, 0.4) is 0 Å². The lowest BCUT2D eigenvalue weighted by molar-refractivity contribution is -0.0514. The average Bonchev–Trinajstić information content (AvgIpc) is 2.34. The number of halogens is 2. The zero-order chi connectivity index (χ0) is 13.4. The van der Waals surface area contributed by atoms with E-state index < -0.39 is 11.5 Å². The fraction of sp³-hybridized carbons (Fsp3) is 0.615. The summed E-state index contributed by atoms with van der Waals surface area (Å²) in [7, 11) is 3.81. The highest BCUT2D eigenvalue weighted by Gasteiger charge is 2.42. The Morgan fingerprint density at radius 3 is 2.22 bits per heavy atom. The van der Waals surface area contributed by atoms with Gasteiger partial charge in [-0.25, -0.2) is 13.8 Å². The molecule has 1 fully saturated rings. The van der Waals surface area contributed by atoms with Crippen molar-refractivity contribution in [3.05, 3.63) is 23.9 Å². The fourth-order valence-corrected chi connectivity index (χ4v) is 2.30. The van der Waals surface area contributed by atoms with E-state index in [1.165, 1.54) is 0 Å². The molecular weight excluding hydrogens is 236 g/mol. The van der Waals surface area contributed by atoms with Crippen molar-refractivity contribution in [1.82, 2.24) is 4.98 Å². The molecule has 0 spiro atoms. The van der Waals surface area contributed by atoms with E-state index in [0.29, 0.717) is 12.8 Å². The first-order valence-corrected chi connectivity index (χ1v) is 6.13. The number of hydrogen-bond donors (Lipinski definition) is 1. The summed E-state index contributed by atoms with van der Waals surface area (Å²) in [5.74, 6) is -1.72. The summed E-state index contributed by atoms with van der Waals surface area (Å²) in [5, 5.41) is 0. The number of anilines is 1. The van der Waals surface area contributed by atoms with Gasteiger partial charge in [0.25, 0.3) is 0 Å². The van der Waals surface area contributed by atoms with Gasteiger partial charge >= 0.3 is 0 Å². The van der Waals surface area contributed by atoms with Crippen molar-refractivity contribution in [2.75, 3.05) is 19.0 Å². The summed E-state index contributed by atoms with van der Waals surface area (Å²) in [6.45, 7) is 0. The van der Waals surface area contributed by atoms with Gasteiger partial charge in [0, 0.05) is 38.7 Å². The van der Waals surface area contributed by atoms with Crippen LogP contribution < -0.4 is 10.6 Å². The smallest absolute Gasteiger partial charge is 0.248 e. The molecule has 0 aliphatic heterocycles. The Hall–Kier alpha value is -1.23. The van der Waals surface area contributed by atoms with Gasteiger partial charge in [0.1, 0.15) is 5.82 Å². The minimum Gasteiger partial charge on any atom is -0.363 e. The van der Waals surface area contributed by atoms with E-state index in [1.807, 2.05) is 31.1 Å². The Labute approximate surface area is 106 Å². The van der Waals surface area contributed by atoms with Crippen LogP contribution in [0.4, 0.5) is 14.6 Å². The minimum atomic E-state index is -2.56. The lowest BCUT2D eigenvalue weighted by Crippen LogP contribution is -2.43. The summed E-state index contributed by atoms with van der Waals surface area (Å²) in [5.41, 5.74) is 6.44. The van der Waals surface area contributed by atoms with E-state index in [4.69, 9.17) is 5.73 Å². The molecule has 1 saturated carbocycles. The second kappa shape index (κ2) is 4.46. The number of hydrogen-bond acceptors (Lipinski definition) is 3. The molecule has 100 valence electrons. The monoisotopic (exact) mass is 255 g/mol. The van der Waals surface area contributed by atoms with Gasteiger partial charge in [0.2, 0.25) is 5.92 Å². The molecule has 0 radical (unpaired) electrons. The van der Waals surface area contributed by atoms with Crippen molar-refractivity contribution in [1.29, 1.82) is 0 Å². The maximum absolute atomic E-state index is 13.2. The van der Waals surface area contributed by atoms with Crippen molar-refractivity contribution in [3.63, 3.8) is 0 Å². The lowest BCUT2D eigenvalue weighted by atomic mass is 9.76. The predicted molar refractivity (Wildman–Crippen MR) is 67.8 cm³/mol. The summed E-state index contributed by atoms with van der Waals surface area (Å²) < 4.78 is 26.3. The van der Waals surface area contributed by atoms with Gasteiger partial charge in [-0.1, -0.05) is 6.07 Å². The van der Waals surface area contributed by atoms with Crippen LogP contribution in [0.2, 0.25) is 0 Å². The molecule has 1 aromatic rings. The minimum absolute atomic E-state index is 0.140. The standard InChI is InChI=1S/C13H19F2N3/c1-18(2)11-4-3-10(9-17-11)12(16)5-7-13(14,15)8-6-12/h3-4,9H,5-8,16H2,1-2H3. The highest BCUT2D eigenvalue weighted by molar-refractivity contribution is 5.38. The van der Waals surface area contributed by atoms with Crippen molar-refractivity contribution >= 4 is 5.82 Å². The molecular formula is C13H19F2N3. The van der Waals surface area contributed by atoms with Gasteiger partial charge in [-0.2, -0.15) is 0 Å². The van der Waals surface area contributed by atoms with E-state index in [2.05, 4.69) is 4.98 Å². The summed E-state index contributed by atoms with van der Waals surface area (Å²) in [4.78, 5) is 6.18. The van der Waals surface area contributed by atoms with Crippen LogP contribution in [0.25, 0.3) is 0 Å². The summed E-state index contributed by atoms with van der Waals surface area (Å²) >= 11 is 0. The summed E-state index contributed by atoms with van der Waals surface area (Å²) in [6, 6.07) is 3.77. The van der Waals surface area contributed by atoms with E-state index >= 15 is 0 Å². The Morgan fingerprint density at radius 2 is 1.78 bits per heavy atom. The quantitative estimate of drug-likeness (QED) is 0.883. The van der Waals surface area contributed by atoms with Crippen LogP contribution >= 0.6 is 0 Å². The highest BCUT2D eigenvalue weighted by atomic mass is 19.3. The second-order valence-electron chi connectivity index (χ2n) is 5.31. The maximum Gasteiger partial charge on any atom is 0.248 e. The summed E-state index contributed by atoms with van der Waals surface area (Å²) in [6.07, 6.45) is 2.04. The van der Waals surface area contributed by atoms with Crippen LogP contribution in [0.5, 0.6) is 0 Å². The normalized spacial score (nSPS) is 21.6. The third kappa shape index (κ3) is 2.61. The lowest BCUT2D eigenvalue weighted by Gasteiger charge is -2.37. The van der Waals surface area contributed by atoms with Crippen LogP contribution in [-0.2, 0) is 5.54 Å². The SMILES string of the molecule is CN(C)c1ccc(C2(N)CCC(F)(F)CC2)cn1. The number of nitrogens with zero attached hydrogens (tertiary/aromatic N) is 2. The first-order valence-electron chi connectivity index (χ1n) is 6.13. The van der Waals surface area contributed by atoms with Crippen LogP contribution in [0.15, 0.2) is 18.3 Å². The molecule has 0 bridgehead atoms. The number of alkyl halides is 2. The van der Waals surface area contributed by atoms with Crippen molar-refractivity contribution in [2.24, 2.45) is 5.73 Å². The number of rotatable bonds is 2. The molecule has 2 rings (SSSR count). The van der Waals surface area contributed by atoms with E-state index in [-0.39, 0.29) is 12.8 Å². The second-order valence-corrected chi connectivity index (χ2v) is 5.31. The molecule has 1 aliphatic rings. The topological polar surface area (TPSA) is 42.1 Å². The van der Waals surface area contributed by atoms with Gasteiger partial charge in [-0.05, 0) is 24.5 Å². The molecule has 1 aromatic heterocycles. The molecule has 0 atom stereocenters. The van der Waals surface area contributed by atoms with Crippen LogP contribution in [0, 0.1) is 0 Å². The molecule has 18 heavy (non-hydrogen) atoms. The van der Waals surface area contributed by atoms with Gasteiger partial charge < -0.3 is 10.6 Å². The van der Waals surface area contributed by atoms with E-state index in [0.717, 1.165) is 11.4 Å². The molecule has 5 heteroatoms. The molecule has 0 amide bonds. The van der Waals surface area contributed by atoms with E-state index in [9.17, 15) is 8.78 Å². The largest absolute Gasteiger partial charge is 0.363 e. The molecule has 1 aliphatic carbocycles. The Balaban J connectivity index is 2.16. The van der Waals surface area contributed by atoms with Gasteiger partial charge in [-0.15, -0.1) is 0 Å². The van der Waals surface area contributed by atoms with Crippen LogP contribution in [0.1, 0.15) is 31.2 Å². The Bertz CT molecular complexity index is 405. The molecule has 3 nitrogen and oxygen atoms in total. The molecule has 2 N–H and O–H groups in total. The maximum atomic E-state index is 13.2. The van der Waals surface area contributed by atoms with Crippen molar-refractivity contribution < 1.29 is 8.78 Å². The predicted octanol–water partition coefficient (Wildman–Crippen LogP) is 2.51. The zero-order valence-corrected chi connectivity index (χ0v) is 10.8. The van der Waals surface area contributed by atoms with Gasteiger partial charge in [0.05, 0.1) is 0 Å². The molecule has 1 heterocycles. The molecule has 0 aromatic carbocycles. The van der Waals surface area contributed by atoms with Gasteiger partial charge in [-0.3, -0.25) is 0 Å². The fourth-order valence-electron chi connectivity index (χ4n) is 2.30. The zero-order valence-electron chi connectivity index (χ0n) is 10.8. The van der Waals surface area contributed by atoms with E-state index in [1.54, 1.807) is 6.20 Å². The number of pyridine rings is 1. The molecule has 0 saturated heterocycles. The first-order chi connectivity index (χ1) is 8.32. The average molecular weight is 255 g/mol. The Morgan fingerprint density at radius 1 is 1.17 bits per heavy atom. The third-order valence-corrected chi connectivity index (χ3v) is 3.65. The highest BCUT2D eigenvalue weighted by Crippen LogP contribution is 2.42.